The number of aromatic nitrogens is 2. The van der Waals surface area contributed by atoms with E-state index in [1.165, 1.54) is 17.6 Å². The van der Waals surface area contributed by atoms with Gasteiger partial charge in [0.15, 0.2) is 9.84 Å². The predicted octanol–water partition coefficient (Wildman–Crippen LogP) is 5.41. The normalized spacial score (nSPS) is 15.9. The standard InChI is InChI=1S/C25H26ClN3O4S2/c1-16(20-4-3-5-23(25(20)26)33-17-8-10-27-11-9-17)32-18-12-24(34-14-18)29-15-28-21-7-6-19(13-22(21)29)35(2,30)31/h3-7,12-17,27H,8-11H2,1-2H3/t16-/m1/s1. The highest BCUT2D eigenvalue weighted by molar-refractivity contribution is 7.90. The second-order valence-corrected chi connectivity index (χ2v) is 11.9. The Morgan fingerprint density at radius 2 is 2.00 bits per heavy atom. The fourth-order valence-corrected chi connectivity index (χ4v) is 5.95. The molecule has 0 amide bonds. The van der Waals surface area contributed by atoms with Crippen LogP contribution in [0.15, 0.2) is 59.1 Å². The molecule has 1 aliphatic heterocycles. The lowest BCUT2D eigenvalue weighted by Crippen LogP contribution is -2.34. The SMILES string of the molecule is C[C@@H](Oc1csc(-n2cnc3ccc(S(C)(=O)=O)cc32)c1)c1cccc(OC2CCNCC2)c1Cl. The van der Waals surface area contributed by atoms with Crippen LogP contribution in [0, 0.1) is 0 Å². The Labute approximate surface area is 213 Å². The third kappa shape index (κ3) is 5.18. The Morgan fingerprint density at radius 3 is 2.77 bits per heavy atom. The molecule has 2 aromatic carbocycles. The number of fused-ring (bicyclic) bond motifs is 1. The lowest BCUT2D eigenvalue weighted by molar-refractivity contribution is 0.161. The second kappa shape index (κ2) is 9.81. The van der Waals surface area contributed by atoms with Crippen LogP contribution < -0.4 is 14.8 Å². The third-order valence-corrected chi connectivity index (χ3v) is 8.49. The van der Waals surface area contributed by atoms with Gasteiger partial charge in [-0.15, -0.1) is 11.3 Å². The van der Waals surface area contributed by atoms with E-state index in [1.807, 2.05) is 41.1 Å². The fraction of sp³-hybridized carbons (Fsp3) is 0.320. The van der Waals surface area contributed by atoms with Gasteiger partial charge in [-0.25, -0.2) is 13.4 Å². The molecular weight excluding hydrogens is 506 g/mol. The minimum atomic E-state index is -3.32. The van der Waals surface area contributed by atoms with Crippen molar-refractivity contribution in [2.75, 3.05) is 19.3 Å². The van der Waals surface area contributed by atoms with E-state index in [4.69, 9.17) is 21.1 Å². The van der Waals surface area contributed by atoms with E-state index >= 15 is 0 Å². The van der Waals surface area contributed by atoms with Crippen molar-refractivity contribution in [3.05, 3.63) is 64.8 Å². The molecule has 0 bridgehead atoms. The third-order valence-electron chi connectivity index (χ3n) is 6.07. The topological polar surface area (TPSA) is 82.5 Å². The van der Waals surface area contributed by atoms with Gasteiger partial charge in [0.05, 0.1) is 21.0 Å². The van der Waals surface area contributed by atoms with Gasteiger partial charge in [-0.1, -0.05) is 23.7 Å². The summed E-state index contributed by atoms with van der Waals surface area (Å²) in [5, 5.41) is 6.70. The van der Waals surface area contributed by atoms with E-state index in [0.29, 0.717) is 16.5 Å². The molecule has 2 aromatic heterocycles. The van der Waals surface area contributed by atoms with E-state index in [1.54, 1.807) is 24.5 Å². The zero-order valence-corrected chi connectivity index (χ0v) is 21.8. The first-order valence-corrected chi connectivity index (χ1v) is 14.5. The van der Waals surface area contributed by atoms with Gasteiger partial charge in [-0.2, -0.15) is 0 Å². The monoisotopic (exact) mass is 531 g/mol. The summed E-state index contributed by atoms with van der Waals surface area (Å²) in [7, 11) is -3.32. The first kappa shape index (κ1) is 24.1. The minimum Gasteiger partial charge on any atom is -0.489 e. The first-order valence-electron chi connectivity index (χ1n) is 11.4. The van der Waals surface area contributed by atoms with Crippen molar-refractivity contribution in [2.24, 2.45) is 0 Å². The van der Waals surface area contributed by atoms with Crippen LogP contribution in [0.3, 0.4) is 0 Å². The first-order chi connectivity index (χ1) is 16.8. The number of ether oxygens (including phenoxy) is 2. The molecule has 0 radical (unpaired) electrons. The molecule has 1 fully saturated rings. The van der Waals surface area contributed by atoms with Gasteiger partial charge in [-0.05, 0) is 57.1 Å². The van der Waals surface area contributed by atoms with Crippen LogP contribution in [0.25, 0.3) is 16.0 Å². The van der Waals surface area contributed by atoms with Gasteiger partial charge in [0.25, 0.3) is 0 Å². The fourth-order valence-electron chi connectivity index (χ4n) is 4.18. The number of piperidine rings is 1. The Kier molecular flexibility index (Phi) is 6.76. The van der Waals surface area contributed by atoms with Gasteiger partial charge >= 0.3 is 0 Å². The molecule has 10 heteroatoms. The molecule has 0 spiro atoms. The van der Waals surface area contributed by atoms with Crippen LogP contribution in [0.2, 0.25) is 5.02 Å². The van der Waals surface area contributed by atoms with Crippen LogP contribution in [0.5, 0.6) is 11.5 Å². The van der Waals surface area contributed by atoms with Crippen molar-refractivity contribution in [2.45, 2.75) is 36.9 Å². The van der Waals surface area contributed by atoms with E-state index in [9.17, 15) is 8.42 Å². The molecule has 1 aliphatic rings. The molecule has 0 aliphatic carbocycles. The summed E-state index contributed by atoms with van der Waals surface area (Å²) in [6.45, 7) is 3.85. The molecule has 4 aromatic rings. The summed E-state index contributed by atoms with van der Waals surface area (Å²) in [5.74, 6) is 1.38. The van der Waals surface area contributed by atoms with Gasteiger partial charge in [0, 0.05) is 23.3 Å². The predicted molar refractivity (Wildman–Crippen MR) is 139 cm³/mol. The maximum Gasteiger partial charge on any atom is 0.175 e. The van der Waals surface area contributed by atoms with Crippen LogP contribution in [-0.2, 0) is 9.84 Å². The number of nitrogens with one attached hydrogen (secondary N) is 1. The Morgan fingerprint density at radius 1 is 1.20 bits per heavy atom. The summed E-state index contributed by atoms with van der Waals surface area (Å²) in [5.41, 5.74) is 2.30. The molecular formula is C25H26ClN3O4S2. The van der Waals surface area contributed by atoms with Crippen molar-refractivity contribution in [1.82, 2.24) is 14.9 Å². The second-order valence-electron chi connectivity index (χ2n) is 8.64. The lowest BCUT2D eigenvalue weighted by atomic mass is 10.1. The largest absolute Gasteiger partial charge is 0.489 e. The molecule has 35 heavy (non-hydrogen) atoms. The van der Waals surface area contributed by atoms with Crippen LogP contribution >= 0.6 is 22.9 Å². The highest BCUT2D eigenvalue weighted by atomic mass is 35.5. The molecule has 3 heterocycles. The van der Waals surface area contributed by atoms with E-state index < -0.39 is 9.84 Å². The zero-order valence-electron chi connectivity index (χ0n) is 19.4. The van der Waals surface area contributed by atoms with Gasteiger partial charge < -0.3 is 14.8 Å². The van der Waals surface area contributed by atoms with Crippen molar-refractivity contribution in [3.8, 4) is 16.5 Å². The number of benzene rings is 2. The molecule has 0 unspecified atom stereocenters. The van der Waals surface area contributed by atoms with Crippen LogP contribution in [-0.4, -0.2) is 43.4 Å². The van der Waals surface area contributed by atoms with Crippen LogP contribution in [0.1, 0.15) is 31.4 Å². The molecule has 5 rings (SSSR count). The number of sulfone groups is 1. The minimum absolute atomic E-state index is 0.160. The van der Waals surface area contributed by atoms with Crippen LogP contribution in [0.4, 0.5) is 0 Å². The van der Waals surface area contributed by atoms with E-state index in [-0.39, 0.29) is 17.1 Å². The van der Waals surface area contributed by atoms with Gasteiger partial charge in [0.1, 0.15) is 35.0 Å². The number of imidazole rings is 1. The summed E-state index contributed by atoms with van der Waals surface area (Å²) >= 11 is 8.20. The highest BCUT2D eigenvalue weighted by Gasteiger charge is 2.20. The number of halogens is 1. The molecule has 184 valence electrons. The molecule has 1 N–H and O–H groups in total. The summed E-state index contributed by atoms with van der Waals surface area (Å²) in [6, 6.07) is 12.6. The zero-order chi connectivity index (χ0) is 24.6. The van der Waals surface area contributed by atoms with E-state index in [0.717, 1.165) is 47.5 Å². The Hall–Kier alpha value is -2.59. The smallest absolute Gasteiger partial charge is 0.175 e. The molecule has 7 nitrogen and oxygen atoms in total. The summed E-state index contributed by atoms with van der Waals surface area (Å²) in [6.07, 6.45) is 4.67. The number of rotatable bonds is 7. The highest BCUT2D eigenvalue weighted by Crippen LogP contribution is 2.37. The molecule has 1 saturated heterocycles. The summed E-state index contributed by atoms with van der Waals surface area (Å²) < 4.78 is 38.3. The molecule has 1 atom stereocenters. The number of thiophene rings is 1. The van der Waals surface area contributed by atoms with Crippen molar-refractivity contribution in [3.63, 3.8) is 0 Å². The van der Waals surface area contributed by atoms with Crippen molar-refractivity contribution in [1.29, 1.82) is 0 Å². The number of nitrogens with zero attached hydrogens (tertiary/aromatic N) is 2. The quantitative estimate of drug-likeness (QED) is 0.343. The maximum atomic E-state index is 12.0. The average molecular weight is 532 g/mol. The number of hydrogen-bond acceptors (Lipinski definition) is 7. The van der Waals surface area contributed by atoms with Gasteiger partial charge in [-0.3, -0.25) is 4.57 Å². The Balaban J connectivity index is 1.35. The summed E-state index contributed by atoms with van der Waals surface area (Å²) in [4.78, 5) is 4.66. The maximum absolute atomic E-state index is 12.0. The average Bonchev–Trinajstić information content (AvgIpc) is 3.46. The lowest BCUT2D eigenvalue weighted by Gasteiger charge is -2.25. The number of hydrogen-bond donors (Lipinski definition) is 1. The Bertz CT molecular complexity index is 1460. The molecule has 0 saturated carbocycles. The van der Waals surface area contributed by atoms with Crippen molar-refractivity contribution >= 4 is 43.8 Å². The van der Waals surface area contributed by atoms with Crippen molar-refractivity contribution < 1.29 is 17.9 Å². The van der Waals surface area contributed by atoms with Gasteiger partial charge in [0.2, 0.25) is 0 Å². The van der Waals surface area contributed by atoms with E-state index in [2.05, 4.69) is 10.3 Å².